The minimum absolute atomic E-state index is 0.0208. The molecule has 152 valence electrons. The molecule has 0 aromatic rings. The number of carbonyl (C=O) groups is 2. The monoisotopic (exact) mass is 380 g/mol. The highest BCUT2D eigenvalue weighted by molar-refractivity contribution is 5.92. The van der Waals surface area contributed by atoms with Crippen molar-refractivity contribution in [2.45, 2.75) is 76.6 Å². The molecule has 0 aromatic heterocycles. The van der Waals surface area contributed by atoms with Gasteiger partial charge in [0, 0.05) is 23.2 Å². The standard InChI is InChI=1S/C21H32O6/c1-19-9-15(24)18-13(14(19)5-6-21(19,27)17(26)10-22)4-3-11-7-12(23)8-16(25)20(11,18)2/h11-14,16,18,22-23,25,27H,3-10H2,1-2H3/t11-,12-,13-,14-,16+,18+,19-,20+,21-/m0/s1. The number of aliphatic hydroxyl groups is 4. The van der Waals surface area contributed by atoms with E-state index in [1.165, 1.54) is 0 Å². The van der Waals surface area contributed by atoms with E-state index in [9.17, 15) is 30.0 Å². The van der Waals surface area contributed by atoms with E-state index in [2.05, 4.69) is 0 Å². The zero-order valence-corrected chi connectivity index (χ0v) is 16.2. The van der Waals surface area contributed by atoms with Gasteiger partial charge in [-0.25, -0.2) is 0 Å². The van der Waals surface area contributed by atoms with Crippen LogP contribution in [0.1, 0.15) is 58.8 Å². The lowest BCUT2D eigenvalue weighted by Crippen LogP contribution is -2.64. The van der Waals surface area contributed by atoms with Crippen LogP contribution in [0.3, 0.4) is 0 Å². The summed E-state index contributed by atoms with van der Waals surface area (Å²) in [7, 11) is 0. The molecule has 0 unspecified atom stereocenters. The first-order valence-electron chi connectivity index (χ1n) is 10.3. The summed E-state index contributed by atoms with van der Waals surface area (Å²) in [5, 5.41) is 41.5. The lowest BCUT2D eigenvalue weighted by atomic mass is 9.43. The number of rotatable bonds is 2. The molecule has 4 fully saturated rings. The van der Waals surface area contributed by atoms with Crippen molar-refractivity contribution in [3.63, 3.8) is 0 Å². The van der Waals surface area contributed by atoms with Gasteiger partial charge in [-0.1, -0.05) is 13.8 Å². The Morgan fingerprint density at radius 3 is 2.52 bits per heavy atom. The van der Waals surface area contributed by atoms with Crippen molar-refractivity contribution in [3.05, 3.63) is 0 Å². The van der Waals surface area contributed by atoms with Gasteiger partial charge in [-0.3, -0.25) is 9.59 Å². The normalized spacial score (nSPS) is 54.8. The highest BCUT2D eigenvalue weighted by Gasteiger charge is 2.69. The van der Waals surface area contributed by atoms with Gasteiger partial charge in [-0.05, 0) is 56.3 Å². The Kier molecular flexibility index (Phi) is 4.39. The van der Waals surface area contributed by atoms with Gasteiger partial charge in [0.2, 0.25) is 0 Å². The van der Waals surface area contributed by atoms with E-state index in [1.54, 1.807) is 0 Å². The van der Waals surface area contributed by atoms with Crippen LogP contribution in [0.25, 0.3) is 0 Å². The minimum Gasteiger partial charge on any atom is -0.393 e. The molecule has 4 rings (SSSR count). The van der Waals surface area contributed by atoms with E-state index in [4.69, 9.17) is 0 Å². The molecule has 6 heteroatoms. The number of hydrogen-bond acceptors (Lipinski definition) is 6. The third kappa shape index (κ3) is 2.33. The van der Waals surface area contributed by atoms with Crippen LogP contribution in [0, 0.1) is 34.5 Å². The molecule has 0 aromatic carbocycles. The first-order chi connectivity index (χ1) is 12.6. The summed E-state index contributed by atoms with van der Waals surface area (Å²) in [4.78, 5) is 25.8. The third-order valence-electron chi connectivity index (χ3n) is 9.19. The van der Waals surface area contributed by atoms with Gasteiger partial charge in [0.15, 0.2) is 5.78 Å². The highest BCUT2D eigenvalue weighted by Crippen LogP contribution is 2.67. The summed E-state index contributed by atoms with van der Waals surface area (Å²) in [6.45, 7) is 3.13. The molecule has 0 bridgehead atoms. The Morgan fingerprint density at radius 2 is 1.85 bits per heavy atom. The second-order valence-electron chi connectivity index (χ2n) is 10.1. The van der Waals surface area contributed by atoms with Gasteiger partial charge in [0.25, 0.3) is 0 Å². The van der Waals surface area contributed by atoms with Crippen LogP contribution in [0.2, 0.25) is 0 Å². The van der Waals surface area contributed by atoms with Gasteiger partial charge in [0.1, 0.15) is 18.0 Å². The Morgan fingerprint density at radius 1 is 1.15 bits per heavy atom. The van der Waals surface area contributed by atoms with Crippen molar-refractivity contribution in [1.82, 2.24) is 0 Å². The highest BCUT2D eigenvalue weighted by atomic mass is 16.3. The molecule has 6 nitrogen and oxygen atoms in total. The Hall–Kier alpha value is -0.820. The van der Waals surface area contributed by atoms with Crippen molar-refractivity contribution >= 4 is 11.6 Å². The maximum absolute atomic E-state index is 13.4. The number of hydrogen-bond donors (Lipinski definition) is 4. The first kappa shape index (κ1) is 19.5. The fourth-order valence-corrected chi connectivity index (χ4v) is 7.69. The van der Waals surface area contributed by atoms with Crippen LogP contribution in [0.4, 0.5) is 0 Å². The van der Waals surface area contributed by atoms with Crippen molar-refractivity contribution in [2.24, 2.45) is 34.5 Å². The summed E-state index contributed by atoms with van der Waals surface area (Å²) < 4.78 is 0. The summed E-state index contributed by atoms with van der Waals surface area (Å²) >= 11 is 0. The van der Waals surface area contributed by atoms with E-state index >= 15 is 0 Å². The molecule has 0 amide bonds. The molecule has 0 spiro atoms. The van der Waals surface area contributed by atoms with E-state index in [-0.39, 0.29) is 42.3 Å². The Bertz CT molecular complexity index is 663. The average molecular weight is 380 g/mol. The van der Waals surface area contributed by atoms with Crippen LogP contribution in [0.5, 0.6) is 0 Å². The fraction of sp³-hybridized carbons (Fsp3) is 0.905. The number of carbonyl (C=O) groups excluding carboxylic acids is 2. The summed E-state index contributed by atoms with van der Waals surface area (Å²) in [6.07, 6.45) is 2.41. The van der Waals surface area contributed by atoms with Gasteiger partial charge in [0.05, 0.1) is 12.2 Å². The van der Waals surface area contributed by atoms with Crippen molar-refractivity contribution in [1.29, 1.82) is 0 Å². The lowest BCUT2D eigenvalue weighted by molar-refractivity contribution is -0.197. The van der Waals surface area contributed by atoms with E-state index in [0.717, 1.165) is 12.8 Å². The summed E-state index contributed by atoms with van der Waals surface area (Å²) in [5.41, 5.74) is -3.05. The fourth-order valence-electron chi connectivity index (χ4n) is 7.69. The number of aliphatic hydroxyl groups excluding tert-OH is 3. The number of ketones is 2. The largest absolute Gasteiger partial charge is 0.393 e. The molecular formula is C21H32O6. The van der Waals surface area contributed by atoms with E-state index in [1.807, 2.05) is 13.8 Å². The van der Waals surface area contributed by atoms with Crippen LogP contribution in [0.15, 0.2) is 0 Å². The van der Waals surface area contributed by atoms with E-state index < -0.39 is 41.0 Å². The molecule has 0 radical (unpaired) electrons. The molecule has 27 heavy (non-hydrogen) atoms. The molecule has 0 aliphatic heterocycles. The average Bonchev–Trinajstić information content (AvgIpc) is 2.87. The predicted octanol–water partition coefficient (Wildman–Crippen LogP) is 0.832. The van der Waals surface area contributed by atoms with Crippen molar-refractivity contribution < 1.29 is 30.0 Å². The number of fused-ring (bicyclic) bond motifs is 5. The molecular weight excluding hydrogens is 348 g/mol. The van der Waals surface area contributed by atoms with Gasteiger partial charge < -0.3 is 20.4 Å². The number of Topliss-reactive ketones (excluding diaryl/α,β-unsaturated/α-hetero) is 2. The van der Waals surface area contributed by atoms with Crippen LogP contribution in [-0.2, 0) is 9.59 Å². The van der Waals surface area contributed by atoms with Crippen LogP contribution < -0.4 is 0 Å². The second kappa shape index (κ2) is 6.09. The maximum Gasteiger partial charge on any atom is 0.190 e. The first-order valence-corrected chi connectivity index (χ1v) is 10.3. The SMILES string of the molecule is C[C@]12[C@@H](CC[C@@H]3[C@@H]1C(=O)C[C@@]1(C)[C@H]3CC[C@]1(O)C(=O)CO)C[C@H](O)C[C@H]2O. The molecule has 4 aliphatic rings. The van der Waals surface area contributed by atoms with Crippen molar-refractivity contribution in [3.8, 4) is 0 Å². The van der Waals surface area contributed by atoms with Crippen LogP contribution >= 0.6 is 0 Å². The zero-order chi connectivity index (χ0) is 19.8. The molecule has 4 saturated carbocycles. The minimum atomic E-state index is -1.65. The Balaban J connectivity index is 1.73. The van der Waals surface area contributed by atoms with Crippen molar-refractivity contribution in [2.75, 3.05) is 6.61 Å². The third-order valence-corrected chi connectivity index (χ3v) is 9.19. The van der Waals surface area contributed by atoms with Gasteiger partial charge in [-0.15, -0.1) is 0 Å². The van der Waals surface area contributed by atoms with E-state index in [0.29, 0.717) is 19.3 Å². The van der Waals surface area contributed by atoms with Crippen LogP contribution in [-0.4, -0.2) is 56.4 Å². The Labute approximate surface area is 160 Å². The maximum atomic E-state index is 13.4. The molecule has 4 aliphatic carbocycles. The second-order valence-corrected chi connectivity index (χ2v) is 10.1. The smallest absolute Gasteiger partial charge is 0.190 e. The molecule has 9 atom stereocenters. The zero-order valence-electron chi connectivity index (χ0n) is 16.2. The summed E-state index contributed by atoms with van der Waals surface area (Å²) in [6, 6.07) is 0. The quantitative estimate of drug-likeness (QED) is 0.564. The molecule has 0 saturated heterocycles. The summed E-state index contributed by atoms with van der Waals surface area (Å²) in [5.74, 6) is -0.680. The lowest BCUT2D eigenvalue weighted by Gasteiger charge is -2.61. The topological polar surface area (TPSA) is 115 Å². The van der Waals surface area contributed by atoms with Gasteiger partial charge >= 0.3 is 0 Å². The van der Waals surface area contributed by atoms with Gasteiger partial charge in [-0.2, -0.15) is 0 Å². The molecule has 0 heterocycles. The molecule has 4 N–H and O–H groups in total. The predicted molar refractivity (Wildman–Crippen MR) is 96.6 cm³/mol.